The summed E-state index contributed by atoms with van der Waals surface area (Å²) >= 11 is 0. The van der Waals surface area contributed by atoms with Gasteiger partial charge in [0.2, 0.25) is 17.4 Å². The van der Waals surface area contributed by atoms with Gasteiger partial charge in [0.15, 0.2) is 0 Å². The quantitative estimate of drug-likeness (QED) is 0.582. The molecule has 0 N–H and O–H groups in total. The fourth-order valence-corrected chi connectivity index (χ4v) is 1.23. The van der Waals surface area contributed by atoms with E-state index in [0.29, 0.717) is 0 Å². The number of pyridine rings is 1. The topological polar surface area (TPSA) is 40.6 Å². The van der Waals surface area contributed by atoms with Crippen LogP contribution < -0.4 is 4.74 Å². The lowest BCUT2D eigenvalue weighted by atomic mass is 10.3. The van der Waals surface area contributed by atoms with Gasteiger partial charge in [0.05, 0.1) is 13.2 Å². The van der Waals surface area contributed by atoms with E-state index in [1.807, 2.05) is 0 Å². The van der Waals surface area contributed by atoms with Gasteiger partial charge in [-0.1, -0.05) is 0 Å². The molecule has 0 aliphatic rings. The summed E-state index contributed by atoms with van der Waals surface area (Å²) in [4.78, 5) is 2.41. The van der Waals surface area contributed by atoms with Crippen LogP contribution >= 0.6 is 0 Å². The third-order valence-electron chi connectivity index (χ3n) is 1.95. The molecule has 0 aliphatic carbocycles. The van der Waals surface area contributed by atoms with E-state index in [-0.39, 0.29) is 13.2 Å². The first-order chi connectivity index (χ1) is 8.51. The van der Waals surface area contributed by atoms with Gasteiger partial charge in [-0.2, -0.15) is 22.5 Å². The molecular formula is C10H11F4NO3. The van der Waals surface area contributed by atoms with E-state index < -0.39 is 35.4 Å². The second-order valence-corrected chi connectivity index (χ2v) is 3.30. The number of methoxy groups -OCH3 is 2. The summed E-state index contributed by atoms with van der Waals surface area (Å²) in [6.07, 6.45) is -0.912. The maximum atomic E-state index is 13.2. The fourth-order valence-electron chi connectivity index (χ4n) is 1.23. The van der Waals surface area contributed by atoms with Crippen molar-refractivity contribution >= 4 is 0 Å². The molecule has 18 heavy (non-hydrogen) atoms. The van der Waals surface area contributed by atoms with Crippen molar-refractivity contribution in [2.24, 2.45) is 0 Å². The zero-order chi connectivity index (χ0) is 13.7. The molecule has 0 saturated carbocycles. The van der Waals surface area contributed by atoms with Gasteiger partial charge in [0.25, 0.3) is 11.9 Å². The van der Waals surface area contributed by atoms with E-state index >= 15 is 0 Å². The molecule has 1 rings (SSSR count). The molecule has 0 aromatic carbocycles. The van der Waals surface area contributed by atoms with Crippen LogP contribution in [0.4, 0.5) is 17.6 Å². The molecule has 0 amide bonds. The molecule has 0 saturated heterocycles. The molecule has 0 spiro atoms. The number of halogens is 4. The molecule has 8 heteroatoms. The van der Waals surface area contributed by atoms with Crippen LogP contribution in [-0.2, 0) is 9.47 Å². The zero-order valence-electron chi connectivity index (χ0n) is 9.68. The zero-order valence-corrected chi connectivity index (χ0v) is 9.68. The van der Waals surface area contributed by atoms with Gasteiger partial charge in [-0.15, -0.1) is 0 Å². The molecule has 1 aromatic rings. The van der Waals surface area contributed by atoms with Crippen LogP contribution in [0, 0.1) is 23.5 Å². The van der Waals surface area contributed by atoms with Crippen molar-refractivity contribution in [2.45, 2.75) is 6.10 Å². The number of aromatic nitrogens is 1. The Hall–Kier alpha value is -1.41. The van der Waals surface area contributed by atoms with Crippen LogP contribution in [0.2, 0.25) is 0 Å². The molecule has 0 aliphatic heterocycles. The number of ether oxygens (including phenoxy) is 3. The summed E-state index contributed by atoms with van der Waals surface area (Å²) in [6.45, 7) is -0.142. The maximum absolute atomic E-state index is 13.2. The van der Waals surface area contributed by atoms with Gasteiger partial charge in [-0.3, -0.25) is 0 Å². The summed E-state index contributed by atoms with van der Waals surface area (Å²) < 4.78 is 66.3. The van der Waals surface area contributed by atoms with Crippen molar-refractivity contribution in [1.82, 2.24) is 4.98 Å². The molecule has 0 radical (unpaired) electrons. The maximum Gasteiger partial charge on any atom is 0.255 e. The van der Waals surface area contributed by atoms with Crippen LogP contribution in [0.1, 0.15) is 0 Å². The minimum atomic E-state index is -1.78. The van der Waals surface area contributed by atoms with Crippen LogP contribution in [0.3, 0.4) is 0 Å². The SMILES string of the molecule is COCC(COC)Oc1c(F)c(F)nc(F)c1F. The Labute approximate surface area is 100 Å². The minimum absolute atomic E-state index is 0.0711. The summed E-state index contributed by atoms with van der Waals surface area (Å²) in [6, 6.07) is 0. The molecular weight excluding hydrogens is 258 g/mol. The lowest BCUT2D eigenvalue weighted by Gasteiger charge is -2.18. The van der Waals surface area contributed by atoms with Crippen LogP contribution in [0.5, 0.6) is 5.75 Å². The Balaban J connectivity index is 3.01. The molecule has 0 bridgehead atoms. The summed E-state index contributed by atoms with van der Waals surface area (Å²) in [5, 5.41) is 0. The highest BCUT2D eigenvalue weighted by molar-refractivity contribution is 5.24. The number of rotatable bonds is 6. The Morgan fingerprint density at radius 1 is 0.944 bits per heavy atom. The molecule has 0 unspecified atom stereocenters. The lowest BCUT2D eigenvalue weighted by molar-refractivity contribution is 0.0193. The number of nitrogens with zero attached hydrogens (tertiary/aromatic N) is 1. The fraction of sp³-hybridized carbons (Fsp3) is 0.500. The first-order valence-corrected chi connectivity index (χ1v) is 4.85. The summed E-state index contributed by atoms with van der Waals surface area (Å²) in [7, 11) is 2.65. The largest absolute Gasteiger partial charge is 0.479 e. The second-order valence-electron chi connectivity index (χ2n) is 3.30. The summed E-state index contributed by atoms with van der Waals surface area (Å²) in [5.74, 6) is -8.15. The highest BCUT2D eigenvalue weighted by atomic mass is 19.2. The standard InChI is InChI=1S/C10H11F4NO3/c1-16-3-5(4-17-2)18-8-6(11)9(13)15-10(14)7(8)12/h5H,3-4H2,1-2H3. The average Bonchev–Trinajstić information content (AvgIpc) is 2.32. The van der Waals surface area contributed by atoms with Gasteiger partial charge in [-0.25, -0.2) is 0 Å². The monoisotopic (exact) mass is 269 g/mol. The first-order valence-electron chi connectivity index (χ1n) is 4.85. The normalized spacial score (nSPS) is 11.1. The second kappa shape index (κ2) is 6.50. The number of hydrogen-bond acceptors (Lipinski definition) is 4. The van der Waals surface area contributed by atoms with Crippen molar-refractivity contribution in [3.05, 3.63) is 23.5 Å². The Morgan fingerprint density at radius 2 is 1.39 bits per heavy atom. The Bertz CT molecular complexity index is 384. The van der Waals surface area contributed by atoms with Crippen molar-refractivity contribution < 1.29 is 31.8 Å². The Morgan fingerprint density at radius 3 is 1.78 bits per heavy atom. The first kappa shape index (κ1) is 14.7. The average molecular weight is 269 g/mol. The van der Waals surface area contributed by atoms with E-state index in [4.69, 9.17) is 14.2 Å². The van der Waals surface area contributed by atoms with E-state index in [9.17, 15) is 17.6 Å². The van der Waals surface area contributed by atoms with Crippen molar-refractivity contribution in [3.63, 3.8) is 0 Å². The smallest absolute Gasteiger partial charge is 0.255 e. The molecule has 0 fully saturated rings. The van der Waals surface area contributed by atoms with Gasteiger partial charge in [0.1, 0.15) is 6.10 Å². The molecule has 0 atom stereocenters. The van der Waals surface area contributed by atoms with E-state index in [2.05, 4.69) is 4.98 Å². The Kier molecular flexibility index (Phi) is 5.29. The minimum Gasteiger partial charge on any atom is -0.479 e. The van der Waals surface area contributed by atoms with Gasteiger partial charge in [0, 0.05) is 14.2 Å². The van der Waals surface area contributed by atoms with Gasteiger partial charge < -0.3 is 14.2 Å². The van der Waals surface area contributed by atoms with Gasteiger partial charge >= 0.3 is 0 Å². The van der Waals surface area contributed by atoms with Gasteiger partial charge in [-0.05, 0) is 0 Å². The highest BCUT2D eigenvalue weighted by Gasteiger charge is 2.25. The molecule has 4 nitrogen and oxygen atoms in total. The van der Waals surface area contributed by atoms with Crippen LogP contribution in [0.15, 0.2) is 0 Å². The predicted octanol–water partition coefficient (Wildman–Crippen LogP) is 1.68. The summed E-state index contributed by atoms with van der Waals surface area (Å²) in [5.41, 5.74) is 0. The van der Waals surface area contributed by atoms with E-state index in [0.717, 1.165) is 0 Å². The molecule has 1 heterocycles. The molecule has 102 valence electrons. The van der Waals surface area contributed by atoms with Crippen molar-refractivity contribution in [2.75, 3.05) is 27.4 Å². The van der Waals surface area contributed by atoms with Crippen molar-refractivity contribution in [3.8, 4) is 5.75 Å². The van der Waals surface area contributed by atoms with Crippen molar-refractivity contribution in [1.29, 1.82) is 0 Å². The molecule has 1 aromatic heterocycles. The van der Waals surface area contributed by atoms with E-state index in [1.165, 1.54) is 14.2 Å². The van der Waals surface area contributed by atoms with Crippen LogP contribution in [-0.4, -0.2) is 38.5 Å². The van der Waals surface area contributed by atoms with Crippen LogP contribution in [0.25, 0.3) is 0 Å². The highest BCUT2D eigenvalue weighted by Crippen LogP contribution is 2.25. The lowest BCUT2D eigenvalue weighted by Crippen LogP contribution is -2.28. The van der Waals surface area contributed by atoms with E-state index in [1.54, 1.807) is 0 Å². The number of hydrogen-bond donors (Lipinski definition) is 0. The third-order valence-corrected chi connectivity index (χ3v) is 1.95. The predicted molar refractivity (Wildman–Crippen MR) is 52.2 cm³/mol. The third kappa shape index (κ3) is 3.30.